The molecule has 0 bridgehead atoms. The summed E-state index contributed by atoms with van der Waals surface area (Å²) in [6, 6.07) is 4.93. The lowest BCUT2D eigenvalue weighted by Gasteiger charge is -2.37. The van der Waals surface area contributed by atoms with Crippen LogP contribution in [0.2, 0.25) is 5.02 Å². The third kappa shape index (κ3) is 3.66. The molecule has 0 unspecified atom stereocenters. The zero-order valence-corrected chi connectivity index (χ0v) is 17.2. The van der Waals surface area contributed by atoms with Crippen molar-refractivity contribution >= 4 is 23.2 Å². The molecule has 0 radical (unpaired) electrons. The fourth-order valence-electron chi connectivity index (χ4n) is 3.77. The van der Waals surface area contributed by atoms with Gasteiger partial charge in [-0.2, -0.15) is 18.4 Å². The molecule has 0 amide bonds. The van der Waals surface area contributed by atoms with E-state index in [0.717, 1.165) is 23.5 Å². The number of piperazine rings is 1. The Morgan fingerprint density at radius 2 is 1.77 bits per heavy atom. The van der Waals surface area contributed by atoms with E-state index < -0.39 is 17.3 Å². The smallest absolute Gasteiger partial charge is 0.365 e. The second-order valence-electron chi connectivity index (χ2n) is 7.78. The maximum atomic E-state index is 12.8. The first kappa shape index (κ1) is 20.7. The first-order chi connectivity index (χ1) is 14.1. The molecule has 0 spiro atoms. The molecule has 2 aliphatic rings. The molecular weight excluding hydrogens is 419 g/mol. The van der Waals surface area contributed by atoms with Crippen LogP contribution in [0.1, 0.15) is 36.2 Å². The summed E-state index contributed by atoms with van der Waals surface area (Å²) in [6.07, 6.45) is -3.69. The van der Waals surface area contributed by atoms with Gasteiger partial charge in [0.25, 0.3) is 0 Å². The first-order valence-corrected chi connectivity index (χ1v) is 9.79. The SMILES string of the molecule is CC1(C)OCc2cc(C#N)c(N3CCN(c4ncc(C(F)(F)F)cc4Cl)CC3)nc21. The average Bonchev–Trinajstić information content (AvgIpc) is 3.00. The number of rotatable bonds is 2. The van der Waals surface area contributed by atoms with Gasteiger partial charge in [-0.3, -0.25) is 0 Å². The second kappa shape index (κ2) is 7.29. The zero-order valence-electron chi connectivity index (χ0n) is 16.4. The standard InChI is InChI=1S/C20H19ClF3N5O/c1-19(2)16-13(11-30-19)7-12(9-25)17(27-16)28-3-5-29(6-4-28)18-15(21)8-14(10-26-18)20(22,23)24/h7-8,10H,3-6,11H2,1-2H3. The highest BCUT2D eigenvalue weighted by Crippen LogP contribution is 2.38. The predicted molar refractivity (Wildman–Crippen MR) is 105 cm³/mol. The molecule has 4 rings (SSSR count). The Morgan fingerprint density at radius 3 is 2.33 bits per heavy atom. The lowest BCUT2D eigenvalue weighted by molar-refractivity contribution is -0.137. The molecule has 158 valence electrons. The molecule has 2 aromatic rings. The molecule has 0 N–H and O–H groups in total. The van der Waals surface area contributed by atoms with Gasteiger partial charge in [-0.1, -0.05) is 11.6 Å². The minimum atomic E-state index is -4.49. The molecule has 1 fully saturated rings. The van der Waals surface area contributed by atoms with E-state index in [0.29, 0.717) is 50.0 Å². The Morgan fingerprint density at radius 1 is 1.13 bits per heavy atom. The van der Waals surface area contributed by atoms with E-state index >= 15 is 0 Å². The van der Waals surface area contributed by atoms with Crippen LogP contribution in [0.15, 0.2) is 18.3 Å². The largest absolute Gasteiger partial charge is 0.417 e. The molecule has 10 heteroatoms. The maximum absolute atomic E-state index is 12.8. The Labute approximate surface area is 176 Å². The number of aromatic nitrogens is 2. The summed E-state index contributed by atoms with van der Waals surface area (Å²) in [7, 11) is 0. The van der Waals surface area contributed by atoms with Crippen molar-refractivity contribution in [1.82, 2.24) is 9.97 Å². The second-order valence-corrected chi connectivity index (χ2v) is 8.19. The van der Waals surface area contributed by atoms with E-state index in [4.69, 9.17) is 21.3 Å². The van der Waals surface area contributed by atoms with Crippen LogP contribution in [0, 0.1) is 11.3 Å². The highest BCUT2D eigenvalue weighted by atomic mass is 35.5. The van der Waals surface area contributed by atoms with E-state index in [9.17, 15) is 18.4 Å². The zero-order chi connectivity index (χ0) is 21.7. The Hall–Kier alpha value is -2.57. The number of nitrogens with zero attached hydrogens (tertiary/aromatic N) is 5. The van der Waals surface area contributed by atoms with Gasteiger partial charge in [-0.15, -0.1) is 0 Å². The molecule has 0 saturated carbocycles. The monoisotopic (exact) mass is 437 g/mol. The molecule has 0 atom stereocenters. The summed E-state index contributed by atoms with van der Waals surface area (Å²) in [5, 5.41) is 9.54. The van der Waals surface area contributed by atoms with E-state index in [1.807, 2.05) is 29.7 Å². The Balaban J connectivity index is 1.54. The van der Waals surface area contributed by atoms with Gasteiger partial charge in [0.2, 0.25) is 0 Å². The highest BCUT2D eigenvalue weighted by Gasteiger charge is 2.35. The molecule has 2 aliphatic heterocycles. The molecule has 2 aromatic heterocycles. The number of hydrogen-bond acceptors (Lipinski definition) is 6. The number of halogens is 4. The van der Waals surface area contributed by atoms with Crippen LogP contribution in [-0.2, 0) is 23.1 Å². The summed E-state index contributed by atoms with van der Waals surface area (Å²) in [5.41, 5.74) is 0.832. The van der Waals surface area contributed by atoms with Crippen LogP contribution in [0.5, 0.6) is 0 Å². The number of nitriles is 1. The van der Waals surface area contributed by atoms with Gasteiger partial charge in [0.15, 0.2) is 0 Å². The van der Waals surface area contributed by atoms with Gasteiger partial charge in [0.05, 0.1) is 28.5 Å². The summed E-state index contributed by atoms with van der Waals surface area (Å²) < 4.78 is 44.3. The molecule has 0 aromatic carbocycles. The summed E-state index contributed by atoms with van der Waals surface area (Å²) in [6.45, 7) is 6.34. The maximum Gasteiger partial charge on any atom is 0.417 e. The number of hydrogen-bond donors (Lipinski definition) is 0. The van der Waals surface area contributed by atoms with Crippen molar-refractivity contribution in [3.63, 3.8) is 0 Å². The van der Waals surface area contributed by atoms with Gasteiger partial charge < -0.3 is 14.5 Å². The number of pyridine rings is 2. The molecule has 30 heavy (non-hydrogen) atoms. The Bertz CT molecular complexity index is 1030. The van der Waals surface area contributed by atoms with Gasteiger partial charge in [-0.05, 0) is 26.0 Å². The molecule has 4 heterocycles. The lowest BCUT2D eigenvalue weighted by Crippen LogP contribution is -2.47. The van der Waals surface area contributed by atoms with Crippen molar-refractivity contribution in [2.75, 3.05) is 36.0 Å². The average molecular weight is 438 g/mol. The van der Waals surface area contributed by atoms with Crippen molar-refractivity contribution in [3.8, 4) is 6.07 Å². The van der Waals surface area contributed by atoms with Crippen LogP contribution < -0.4 is 9.80 Å². The molecule has 6 nitrogen and oxygen atoms in total. The van der Waals surface area contributed by atoms with Crippen molar-refractivity contribution < 1.29 is 17.9 Å². The first-order valence-electron chi connectivity index (χ1n) is 9.41. The fraction of sp³-hybridized carbons (Fsp3) is 0.450. The minimum Gasteiger partial charge on any atom is -0.365 e. The topological polar surface area (TPSA) is 65.3 Å². The van der Waals surface area contributed by atoms with Crippen molar-refractivity contribution in [1.29, 1.82) is 5.26 Å². The van der Waals surface area contributed by atoms with E-state index in [1.54, 1.807) is 0 Å². The summed E-state index contributed by atoms with van der Waals surface area (Å²) in [4.78, 5) is 12.5. The predicted octanol–water partition coefficient (Wildman–Crippen LogP) is 4.11. The van der Waals surface area contributed by atoms with Gasteiger partial charge >= 0.3 is 6.18 Å². The summed E-state index contributed by atoms with van der Waals surface area (Å²) in [5.74, 6) is 0.919. The summed E-state index contributed by atoms with van der Waals surface area (Å²) >= 11 is 6.08. The van der Waals surface area contributed by atoms with Crippen molar-refractivity contribution in [2.45, 2.75) is 32.2 Å². The third-order valence-electron chi connectivity index (χ3n) is 5.39. The van der Waals surface area contributed by atoms with E-state index in [1.165, 1.54) is 0 Å². The highest BCUT2D eigenvalue weighted by molar-refractivity contribution is 6.33. The lowest BCUT2D eigenvalue weighted by atomic mass is 10.0. The van der Waals surface area contributed by atoms with Crippen LogP contribution >= 0.6 is 11.6 Å². The van der Waals surface area contributed by atoms with Gasteiger partial charge in [0.1, 0.15) is 23.3 Å². The van der Waals surface area contributed by atoms with Crippen LogP contribution in [0.3, 0.4) is 0 Å². The fourth-order valence-corrected chi connectivity index (χ4v) is 4.06. The third-order valence-corrected chi connectivity index (χ3v) is 5.67. The normalized spacial score (nSPS) is 18.3. The van der Waals surface area contributed by atoms with Crippen molar-refractivity contribution in [2.24, 2.45) is 0 Å². The Kier molecular flexibility index (Phi) is 5.03. The molecule has 0 aliphatic carbocycles. The molecular formula is C20H19ClF3N5O. The van der Waals surface area contributed by atoms with Gasteiger partial charge in [-0.25, -0.2) is 9.97 Å². The number of anilines is 2. The number of alkyl halides is 3. The molecule has 1 saturated heterocycles. The van der Waals surface area contributed by atoms with Crippen molar-refractivity contribution in [3.05, 3.63) is 45.7 Å². The van der Waals surface area contributed by atoms with Crippen LogP contribution in [-0.4, -0.2) is 36.1 Å². The van der Waals surface area contributed by atoms with Gasteiger partial charge in [0, 0.05) is 37.9 Å². The minimum absolute atomic E-state index is 0.0365. The van der Waals surface area contributed by atoms with E-state index in [2.05, 4.69) is 11.1 Å². The quantitative estimate of drug-likeness (QED) is 0.704. The van der Waals surface area contributed by atoms with E-state index in [-0.39, 0.29) is 5.02 Å². The number of fused-ring (bicyclic) bond motifs is 1. The van der Waals surface area contributed by atoms with Crippen LogP contribution in [0.4, 0.5) is 24.8 Å². The van der Waals surface area contributed by atoms with Crippen LogP contribution in [0.25, 0.3) is 0 Å². The number of ether oxygens (including phenoxy) is 1.